The van der Waals surface area contributed by atoms with Gasteiger partial charge in [-0.15, -0.1) is 0 Å². The molecule has 174 valence electrons. The Morgan fingerprint density at radius 3 is 1.56 bits per heavy atom. The number of hydrogen-bond donors (Lipinski definition) is 3. The predicted octanol–water partition coefficient (Wildman–Crippen LogP) is 4.37. The Morgan fingerprint density at radius 1 is 0.706 bits per heavy atom. The summed E-state index contributed by atoms with van der Waals surface area (Å²) in [5.41, 5.74) is 2.70. The zero-order chi connectivity index (χ0) is 24.5. The van der Waals surface area contributed by atoms with Crippen molar-refractivity contribution in [3.8, 4) is 0 Å². The molecule has 0 saturated carbocycles. The summed E-state index contributed by atoms with van der Waals surface area (Å²) in [4.78, 5) is 37.7. The lowest BCUT2D eigenvalue weighted by molar-refractivity contribution is -0.123. The van der Waals surface area contributed by atoms with Gasteiger partial charge in [-0.25, -0.2) is 0 Å². The first-order valence-electron chi connectivity index (χ1n) is 10.4. The summed E-state index contributed by atoms with van der Waals surface area (Å²) >= 11 is 11.8. The van der Waals surface area contributed by atoms with Gasteiger partial charge in [0.2, 0.25) is 0 Å². The molecule has 0 aliphatic rings. The van der Waals surface area contributed by atoms with Crippen molar-refractivity contribution >= 4 is 47.0 Å². The van der Waals surface area contributed by atoms with Gasteiger partial charge in [-0.2, -0.15) is 0 Å². The van der Waals surface area contributed by atoms with Gasteiger partial charge in [0.25, 0.3) is 17.7 Å². The van der Waals surface area contributed by atoms with Crippen LogP contribution in [0.5, 0.6) is 0 Å². The van der Waals surface area contributed by atoms with Gasteiger partial charge in [-0.3, -0.25) is 14.4 Å². The summed E-state index contributed by atoms with van der Waals surface area (Å²) in [6.45, 7) is 0.459. The van der Waals surface area contributed by atoms with Gasteiger partial charge < -0.3 is 16.0 Å². The molecule has 0 aliphatic carbocycles. The van der Waals surface area contributed by atoms with E-state index in [-0.39, 0.29) is 24.6 Å². The fraction of sp³-hybridized carbons (Fsp3) is 0.115. The minimum Gasteiger partial charge on any atom is -0.355 e. The highest BCUT2D eigenvalue weighted by Gasteiger charge is 2.18. The first-order valence-corrected chi connectivity index (χ1v) is 11.2. The van der Waals surface area contributed by atoms with Gasteiger partial charge >= 0.3 is 0 Å². The number of carbonyl (C=O) groups is 3. The Labute approximate surface area is 208 Å². The molecule has 6 nitrogen and oxygen atoms in total. The van der Waals surface area contributed by atoms with Gasteiger partial charge in [0.05, 0.1) is 0 Å². The van der Waals surface area contributed by atoms with Crippen LogP contribution in [0.1, 0.15) is 27.0 Å². The number of benzene rings is 3. The molecule has 0 aromatic heterocycles. The Bertz CT molecular complexity index is 1130. The monoisotopic (exact) mass is 495 g/mol. The molecular formula is C26H23Cl2N3O3. The SMILES string of the molecule is CNC(=O)c1ccc(C=C(C(=O)NCc2ccc(Cl)cc2)C(=O)NCc2ccc(Cl)cc2)cc1. The average molecular weight is 496 g/mol. The van der Waals surface area contributed by atoms with Crippen molar-refractivity contribution in [2.45, 2.75) is 13.1 Å². The highest BCUT2D eigenvalue weighted by molar-refractivity contribution is 6.30. The molecule has 0 fully saturated rings. The fourth-order valence-electron chi connectivity index (χ4n) is 3.04. The maximum Gasteiger partial charge on any atom is 0.257 e. The number of amides is 3. The first kappa shape index (κ1) is 25.0. The normalized spacial score (nSPS) is 10.2. The van der Waals surface area contributed by atoms with E-state index < -0.39 is 11.8 Å². The molecule has 3 rings (SSSR count). The minimum atomic E-state index is -0.529. The van der Waals surface area contributed by atoms with Crippen LogP contribution in [0.4, 0.5) is 0 Å². The van der Waals surface area contributed by atoms with E-state index in [1.807, 2.05) is 0 Å². The van der Waals surface area contributed by atoms with Crippen molar-refractivity contribution in [3.63, 3.8) is 0 Å². The molecular weight excluding hydrogens is 473 g/mol. The third-order valence-corrected chi connectivity index (χ3v) is 5.44. The maximum absolute atomic E-state index is 13.0. The van der Waals surface area contributed by atoms with E-state index in [0.717, 1.165) is 11.1 Å². The summed E-state index contributed by atoms with van der Waals surface area (Å²) in [5, 5.41) is 9.28. The van der Waals surface area contributed by atoms with E-state index in [0.29, 0.717) is 21.2 Å². The largest absolute Gasteiger partial charge is 0.355 e. The van der Waals surface area contributed by atoms with Crippen LogP contribution in [0.3, 0.4) is 0 Å². The van der Waals surface area contributed by atoms with Crippen LogP contribution in [0, 0.1) is 0 Å². The lowest BCUT2D eigenvalue weighted by atomic mass is 10.1. The Hall–Kier alpha value is -3.61. The van der Waals surface area contributed by atoms with Crippen LogP contribution < -0.4 is 16.0 Å². The molecule has 3 aromatic carbocycles. The van der Waals surface area contributed by atoms with Crippen molar-refractivity contribution in [1.82, 2.24) is 16.0 Å². The van der Waals surface area contributed by atoms with Crippen LogP contribution in [0.2, 0.25) is 10.0 Å². The van der Waals surface area contributed by atoms with Crippen molar-refractivity contribution in [1.29, 1.82) is 0 Å². The molecule has 3 N–H and O–H groups in total. The third-order valence-electron chi connectivity index (χ3n) is 4.93. The topological polar surface area (TPSA) is 87.3 Å². The minimum absolute atomic E-state index is 0.0596. The molecule has 0 spiro atoms. The number of carbonyl (C=O) groups excluding carboxylic acids is 3. The summed E-state index contributed by atoms with van der Waals surface area (Å²) in [6.07, 6.45) is 1.49. The van der Waals surface area contributed by atoms with Crippen molar-refractivity contribution in [2.24, 2.45) is 0 Å². The average Bonchev–Trinajstić information content (AvgIpc) is 2.86. The Kier molecular flexibility index (Phi) is 8.85. The number of rotatable bonds is 8. The molecule has 3 amide bonds. The quantitative estimate of drug-likeness (QED) is 0.246. The van der Waals surface area contributed by atoms with E-state index >= 15 is 0 Å². The smallest absolute Gasteiger partial charge is 0.257 e. The number of hydrogen-bond acceptors (Lipinski definition) is 3. The molecule has 3 aromatic rings. The lowest BCUT2D eigenvalue weighted by Crippen LogP contribution is -2.34. The highest BCUT2D eigenvalue weighted by Crippen LogP contribution is 2.13. The van der Waals surface area contributed by atoms with Gasteiger partial charge in [0, 0.05) is 35.7 Å². The van der Waals surface area contributed by atoms with Gasteiger partial charge in [0.15, 0.2) is 0 Å². The van der Waals surface area contributed by atoms with Gasteiger partial charge in [-0.1, -0.05) is 59.6 Å². The van der Waals surface area contributed by atoms with E-state index in [9.17, 15) is 14.4 Å². The molecule has 0 atom stereocenters. The highest BCUT2D eigenvalue weighted by atomic mass is 35.5. The molecule has 0 bridgehead atoms. The van der Waals surface area contributed by atoms with E-state index in [2.05, 4.69) is 16.0 Å². The van der Waals surface area contributed by atoms with Crippen LogP contribution in [0.15, 0.2) is 78.4 Å². The lowest BCUT2D eigenvalue weighted by Gasteiger charge is -2.11. The van der Waals surface area contributed by atoms with Crippen molar-refractivity contribution in [3.05, 3.63) is 111 Å². The predicted molar refractivity (Wildman–Crippen MR) is 134 cm³/mol. The summed E-state index contributed by atoms with van der Waals surface area (Å²) in [5.74, 6) is -1.28. The second kappa shape index (κ2) is 12.0. The first-order chi connectivity index (χ1) is 16.4. The molecule has 0 heterocycles. The summed E-state index contributed by atoms with van der Waals surface area (Å²) in [6, 6.07) is 20.7. The molecule has 0 unspecified atom stereocenters. The molecule has 0 aliphatic heterocycles. The van der Waals surface area contributed by atoms with Crippen LogP contribution in [-0.2, 0) is 22.7 Å². The zero-order valence-corrected chi connectivity index (χ0v) is 19.9. The van der Waals surface area contributed by atoms with Crippen LogP contribution in [0.25, 0.3) is 6.08 Å². The molecule has 0 radical (unpaired) electrons. The second-order valence-corrected chi connectivity index (χ2v) is 8.25. The van der Waals surface area contributed by atoms with E-state index in [1.165, 1.54) is 6.08 Å². The van der Waals surface area contributed by atoms with Crippen molar-refractivity contribution < 1.29 is 14.4 Å². The van der Waals surface area contributed by atoms with E-state index in [4.69, 9.17) is 23.2 Å². The number of nitrogens with one attached hydrogen (secondary N) is 3. The Morgan fingerprint density at radius 2 is 1.15 bits per heavy atom. The molecule has 8 heteroatoms. The third kappa shape index (κ3) is 7.20. The van der Waals surface area contributed by atoms with Crippen LogP contribution >= 0.6 is 23.2 Å². The van der Waals surface area contributed by atoms with E-state index in [1.54, 1.807) is 79.8 Å². The van der Waals surface area contributed by atoms with Gasteiger partial charge in [0.1, 0.15) is 5.57 Å². The van der Waals surface area contributed by atoms with Crippen molar-refractivity contribution in [2.75, 3.05) is 7.05 Å². The standard InChI is InChI=1S/C26H23Cl2N3O3/c1-29-24(32)20-8-2-17(3-9-20)14-23(25(33)30-15-18-4-10-21(27)11-5-18)26(34)31-16-19-6-12-22(28)13-7-19/h2-14H,15-16H2,1H3,(H,29,32)(H,30,33)(H,31,34). The summed E-state index contributed by atoms with van der Waals surface area (Å²) in [7, 11) is 1.55. The number of halogens is 2. The van der Waals surface area contributed by atoms with Crippen LogP contribution in [-0.4, -0.2) is 24.8 Å². The fourth-order valence-corrected chi connectivity index (χ4v) is 3.29. The zero-order valence-electron chi connectivity index (χ0n) is 18.4. The molecule has 0 saturated heterocycles. The Balaban J connectivity index is 1.78. The summed E-state index contributed by atoms with van der Waals surface area (Å²) < 4.78 is 0. The van der Waals surface area contributed by atoms with Gasteiger partial charge in [-0.05, 0) is 59.2 Å². The molecule has 34 heavy (non-hydrogen) atoms. The maximum atomic E-state index is 13.0. The second-order valence-electron chi connectivity index (χ2n) is 7.38.